The van der Waals surface area contributed by atoms with E-state index in [0.29, 0.717) is 29.1 Å². The summed E-state index contributed by atoms with van der Waals surface area (Å²) in [6.45, 7) is 2.59. The maximum atomic E-state index is 13.7. The maximum absolute atomic E-state index is 13.7. The van der Waals surface area contributed by atoms with E-state index in [1.54, 1.807) is 78.7 Å². The molecule has 57 heavy (non-hydrogen) atoms. The van der Waals surface area contributed by atoms with Crippen molar-refractivity contribution in [2.75, 3.05) is 27.3 Å². The van der Waals surface area contributed by atoms with Crippen molar-refractivity contribution in [2.24, 2.45) is 0 Å². The monoisotopic (exact) mass is 771 g/mol. The van der Waals surface area contributed by atoms with Gasteiger partial charge in [-0.25, -0.2) is 14.6 Å². The summed E-state index contributed by atoms with van der Waals surface area (Å²) in [7, 11) is 2.49. The smallest absolute Gasteiger partial charge is 0.407 e. The summed E-state index contributed by atoms with van der Waals surface area (Å²) in [6, 6.07) is 30.5. The fraction of sp³-hybridized carbons (Fsp3) is 0.256. The standard InChI is InChI=1S/C43H45N7O7/c1-27(46-40(52)36(48-42(54)56-2)31-11-6-4-7-12-31)38-44-26-35(47-38)30-20-16-28(17-21-30)29-18-22-33(23-19-29)39(51)45-25-34-15-10-24-50(34)41(53)37(49-43(55)57-3)32-13-8-5-9-14-32/h4-9,11-14,16-23,26-27,34,36-37H,10,15,24-25H2,1-3H3,(H,44,47)(H,45,51)(H,46,52)(H,48,54)(H,49,55)/t27-,34-,36+,37+/m0/s1. The van der Waals surface area contributed by atoms with E-state index in [-0.39, 0.29) is 24.4 Å². The van der Waals surface area contributed by atoms with Crippen LogP contribution in [0.15, 0.2) is 115 Å². The van der Waals surface area contributed by atoms with Crippen LogP contribution in [0.1, 0.15) is 65.2 Å². The van der Waals surface area contributed by atoms with Crippen LogP contribution < -0.4 is 21.3 Å². The van der Waals surface area contributed by atoms with Crippen LogP contribution in [0, 0.1) is 0 Å². The SMILES string of the molecule is COC(=O)N[C@@H](C(=O)N[C@@H](C)c1ncc(-c2ccc(-c3ccc(C(=O)NC[C@@H]4CCCN4C(=O)[C@H](NC(=O)OC)c4ccccc4)cc3)cc2)[nH]1)c1ccccc1. The number of likely N-dealkylation sites (tertiary alicyclic amines) is 1. The Morgan fingerprint density at radius 3 is 1.88 bits per heavy atom. The summed E-state index contributed by atoms with van der Waals surface area (Å²) in [6.07, 6.45) is 1.78. The molecule has 1 aliphatic rings. The lowest BCUT2D eigenvalue weighted by molar-refractivity contribution is -0.134. The van der Waals surface area contributed by atoms with Gasteiger partial charge in [0, 0.05) is 24.7 Å². The van der Waals surface area contributed by atoms with Crippen molar-refractivity contribution in [1.29, 1.82) is 0 Å². The van der Waals surface area contributed by atoms with Crippen LogP contribution >= 0.6 is 0 Å². The molecule has 0 saturated carbocycles. The lowest BCUT2D eigenvalue weighted by Gasteiger charge is -2.29. The highest BCUT2D eigenvalue weighted by atomic mass is 16.5. The van der Waals surface area contributed by atoms with Crippen molar-refractivity contribution in [3.8, 4) is 22.4 Å². The van der Waals surface area contributed by atoms with E-state index in [4.69, 9.17) is 9.47 Å². The minimum absolute atomic E-state index is 0.222. The number of hydrogen-bond donors (Lipinski definition) is 5. The van der Waals surface area contributed by atoms with Crippen LogP contribution in [0.3, 0.4) is 0 Å². The molecule has 5 amide bonds. The van der Waals surface area contributed by atoms with Crippen LogP contribution in [0.5, 0.6) is 0 Å². The number of ether oxygens (including phenoxy) is 2. The van der Waals surface area contributed by atoms with E-state index in [0.717, 1.165) is 35.2 Å². The Morgan fingerprint density at radius 2 is 1.28 bits per heavy atom. The molecule has 1 aliphatic heterocycles. The first-order valence-corrected chi connectivity index (χ1v) is 18.6. The Bertz CT molecular complexity index is 2160. The first kappa shape index (κ1) is 39.7. The molecule has 4 atom stereocenters. The van der Waals surface area contributed by atoms with E-state index in [1.165, 1.54) is 14.2 Å². The Labute approximate surface area is 330 Å². The zero-order valence-corrected chi connectivity index (χ0v) is 31.9. The zero-order chi connectivity index (χ0) is 40.3. The molecule has 14 nitrogen and oxygen atoms in total. The highest BCUT2D eigenvalue weighted by Gasteiger charge is 2.35. The molecule has 0 bridgehead atoms. The van der Waals surface area contributed by atoms with E-state index in [2.05, 4.69) is 31.2 Å². The fourth-order valence-corrected chi connectivity index (χ4v) is 6.77. The van der Waals surface area contributed by atoms with Gasteiger partial charge in [-0.15, -0.1) is 0 Å². The van der Waals surface area contributed by atoms with E-state index in [1.807, 2.05) is 48.5 Å². The van der Waals surface area contributed by atoms with Crippen LogP contribution in [0.4, 0.5) is 9.59 Å². The number of H-pyrrole nitrogens is 1. The number of nitrogens with zero attached hydrogens (tertiary/aromatic N) is 2. The van der Waals surface area contributed by atoms with E-state index >= 15 is 0 Å². The van der Waals surface area contributed by atoms with Gasteiger partial charge in [-0.2, -0.15) is 0 Å². The van der Waals surface area contributed by atoms with Crippen molar-refractivity contribution in [2.45, 2.75) is 43.9 Å². The van der Waals surface area contributed by atoms with E-state index < -0.39 is 36.2 Å². The summed E-state index contributed by atoms with van der Waals surface area (Å²) in [4.78, 5) is 73.6. The topological polar surface area (TPSA) is 184 Å². The predicted molar refractivity (Wildman–Crippen MR) is 213 cm³/mol. The number of carbonyl (C=O) groups is 5. The van der Waals surface area contributed by atoms with Crippen molar-refractivity contribution < 1.29 is 33.4 Å². The van der Waals surface area contributed by atoms with Gasteiger partial charge in [0.2, 0.25) is 11.8 Å². The van der Waals surface area contributed by atoms with Gasteiger partial charge < -0.3 is 40.6 Å². The second-order valence-corrected chi connectivity index (χ2v) is 13.6. The summed E-state index contributed by atoms with van der Waals surface area (Å²) in [5.41, 5.74) is 5.26. The van der Waals surface area contributed by atoms with Gasteiger partial charge in [-0.05, 0) is 59.7 Å². The lowest BCUT2D eigenvalue weighted by Crippen LogP contribution is -2.48. The molecule has 2 heterocycles. The Kier molecular flexibility index (Phi) is 13.0. The largest absolute Gasteiger partial charge is 0.453 e. The minimum Gasteiger partial charge on any atom is -0.453 e. The van der Waals surface area contributed by atoms with Crippen molar-refractivity contribution in [1.82, 2.24) is 36.1 Å². The molecule has 0 radical (unpaired) electrons. The molecule has 14 heteroatoms. The summed E-state index contributed by atoms with van der Waals surface area (Å²) >= 11 is 0. The van der Waals surface area contributed by atoms with Crippen molar-refractivity contribution in [3.63, 3.8) is 0 Å². The highest BCUT2D eigenvalue weighted by Crippen LogP contribution is 2.27. The van der Waals surface area contributed by atoms with Crippen LogP contribution in [0.25, 0.3) is 22.4 Å². The number of amides is 5. The summed E-state index contributed by atoms with van der Waals surface area (Å²) < 4.78 is 9.49. The molecule has 1 fully saturated rings. The van der Waals surface area contributed by atoms with Gasteiger partial charge in [0.25, 0.3) is 5.91 Å². The van der Waals surface area contributed by atoms with Crippen molar-refractivity contribution >= 4 is 29.9 Å². The first-order valence-electron chi connectivity index (χ1n) is 18.6. The van der Waals surface area contributed by atoms with Gasteiger partial charge in [-0.3, -0.25) is 14.4 Å². The predicted octanol–water partition coefficient (Wildman–Crippen LogP) is 5.84. The molecule has 6 rings (SSSR count). The Hall–Kier alpha value is -6.96. The molecule has 4 aromatic carbocycles. The number of hydrogen-bond acceptors (Lipinski definition) is 8. The molecular formula is C43H45N7O7. The van der Waals surface area contributed by atoms with Gasteiger partial charge in [0.05, 0.1) is 32.2 Å². The Balaban J connectivity index is 1.04. The Morgan fingerprint density at radius 1 is 0.737 bits per heavy atom. The van der Waals surface area contributed by atoms with E-state index in [9.17, 15) is 24.0 Å². The number of carbonyl (C=O) groups excluding carboxylic acids is 5. The van der Waals surface area contributed by atoms with Crippen molar-refractivity contribution in [3.05, 3.63) is 138 Å². The molecule has 5 N–H and O–H groups in total. The highest BCUT2D eigenvalue weighted by molar-refractivity contribution is 5.95. The first-order chi connectivity index (χ1) is 27.6. The molecule has 1 aromatic heterocycles. The van der Waals surface area contributed by atoms with Crippen LogP contribution in [-0.4, -0.2) is 78.1 Å². The van der Waals surface area contributed by atoms with Gasteiger partial charge in [-0.1, -0.05) is 97.1 Å². The number of methoxy groups -OCH3 is 2. The van der Waals surface area contributed by atoms with Crippen LogP contribution in [0.2, 0.25) is 0 Å². The molecule has 0 unspecified atom stereocenters. The third-order valence-corrected chi connectivity index (χ3v) is 9.87. The third-order valence-electron chi connectivity index (χ3n) is 9.87. The number of rotatable bonds is 13. The number of imidazole rings is 1. The molecule has 1 saturated heterocycles. The normalized spacial score (nSPS) is 15.1. The zero-order valence-electron chi connectivity index (χ0n) is 31.9. The van der Waals surface area contributed by atoms with Crippen LogP contribution in [-0.2, 0) is 19.1 Å². The average molecular weight is 772 g/mol. The quantitative estimate of drug-likeness (QED) is 0.0990. The molecule has 5 aromatic rings. The molecule has 0 aliphatic carbocycles. The molecule has 0 spiro atoms. The molecular weight excluding hydrogens is 727 g/mol. The minimum atomic E-state index is -0.954. The number of aromatic amines is 1. The third kappa shape index (κ3) is 9.84. The maximum Gasteiger partial charge on any atom is 0.407 e. The number of nitrogens with one attached hydrogen (secondary N) is 5. The molecule has 294 valence electrons. The second-order valence-electron chi connectivity index (χ2n) is 13.6. The van der Waals surface area contributed by atoms with Gasteiger partial charge >= 0.3 is 12.2 Å². The second kappa shape index (κ2) is 18.6. The summed E-state index contributed by atoms with van der Waals surface area (Å²) in [5.74, 6) is -0.380. The number of alkyl carbamates (subject to hydrolysis) is 2. The fourth-order valence-electron chi connectivity index (χ4n) is 6.77. The number of aromatic nitrogens is 2. The lowest BCUT2D eigenvalue weighted by atomic mass is 10.0. The van der Waals surface area contributed by atoms with Gasteiger partial charge in [0.1, 0.15) is 17.9 Å². The summed E-state index contributed by atoms with van der Waals surface area (Å²) in [5, 5.41) is 11.1. The average Bonchev–Trinajstić information content (AvgIpc) is 3.95. The number of benzene rings is 4. The van der Waals surface area contributed by atoms with Gasteiger partial charge in [0.15, 0.2) is 0 Å².